The summed E-state index contributed by atoms with van der Waals surface area (Å²) in [6.45, 7) is 17.8. The number of quaternary nitrogens is 1. The van der Waals surface area contributed by atoms with Crippen molar-refractivity contribution in [3.63, 3.8) is 0 Å². The van der Waals surface area contributed by atoms with Gasteiger partial charge in [-0.2, -0.15) is 5.01 Å². The zero-order chi connectivity index (χ0) is 16.2. The van der Waals surface area contributed by atoms with Crippen molar-refractivity contribution in [2.24, 2.45) is 11.8 Å². The van der Waals surface area contributed by atoms with Gasteiger partial charge in [-0.25, -0.2) is 4.59 Å². The average Bonchev–Trinajstić information content (AvgIpc) is 2.40. The van der Waals surface area contributed by atoms with Gasteiger partial charge in [0.25, 0.3) is 0 Å². The van der Waals surface area contributed by atoms with Crippen molar-refractivity contribution in [1.82, 2.24) is 19.7 Å². The minimum Gasteiger partial charge on any atom is -0.303 e. The largest absolute Gasteiger partial charge is 0.303 e. The van der Waals surface area contributed by atoms with Gasteiger partial charge < -0.3 is 4.90 Å². The summed E-state index contributed by atoms with van der Waals surface area (Å²) >= 11 is 0. The van der Waals surface area contributed by atoms with E-state index >= 15 is 0 Å². The van der Waals surface area contributed by atoms with Crippen LogP contribution in [0, 0.1) is 11.8 Å². The van der Waals surface area contributed by atoms with Gasteiger partial charge in [0, 0.05) is 45.3 Å². The first-order valence-electron chi connectivity index (χ1n) is 9.71. The Kier molecular flexibility index (Phi) is 4.21. The van der Waals surface area contributed by atoms with Crippen LogP contribution in [0.3, 0.4) is 0 Å². The van der Waals surface area contributed by atoms with Crippen LogP contribution in [-0.2, 0) is 0 Å². The summed E-state index contributed by atoms with van der Waals surface area (Å²) in [6.07, 6.45) is 0. The molecule has 0 unspecified atom stereocenters. The van der Waals surface area contributed by atoms with Gasteiger partial charge in [-0.15, -0.1) is 0 Å². The number of likely N-dealkylation sites (tertiary alicyclic amines) is 3. The Labute approximate surface area is 142 Å². The molecule has 0 aliphatic carbocycles. The standard InChI is InChI=1S/C18H36N5/c1-15(2)16-9-21(10-16)18-13-23(4,14-18)22-7-5-20(6-8-22)17-11-19(3)12-17/h15-18H,5-14H2,1-4H3/q+1. The first-order valence-corrected chi connectivity index (χ1v) is 9.71. The van der Waals surface area contributed by atoms with E-state index < -0.39 is 0 Å². The minimum atomic E-state index is 0.839. The lowest BCUT2D eigenvalue weighted by molar-refractivity contribution is -1.05. The van der Waals surface area contributed by atoms with E-state index in [1.807, 2.05) is 0 Å². The predicted molar refractivity (Wildman–Crippen MR) is 94.0 cm³/mol. The first kappa shape index (κ1) is 16.3. The highest BCUT2D eigenvalue weighted by Gasteiger charge is 2.51. The molecule has 4 aliphatic rings. The molecule has 4 saturated heterocycles. The van der Waals surface area contributed by atoms with E-state index in [-0.39, 0.29) is 0 Å². The van der Waals surface area contributed by atoms with Crippen LogP contribution in [0.2, 0.25) is 0 Å². The molecule has 4 fully saturated rings. The van der Waals surface area contributed by atoms with Gasteiger partial charge in [0.2, 0.25) is 0 Å². The highest BCUT2D eigenvalue weighted by molar-refractivity contribution is 4.91. The maximum atomic E-state index is 2.75. The van der Waals surface area contributed by atoms with E-state index in [0.717, 1.165) is 23.9 Å². The third-order valence-corrected chi connectivity index (χ3v) is 7.14. The Morgan fingerprint density at radius 1 is 0.826 bits per heavy atom. The van der Waals surface area contributed by atoms with E-state index in [1.54, 1.807) is 0 Å². The highest BCUT2D eigenvalue weighted by Crippen LogP contribution is 2.33. The second-order valence-corrected chi connectivity index (χ2v) is 9.18. The third kappa shape index (κ3) is 2.95. The van der Waals surface area contributed by atoms with E-state index in [4.69, 9.17) is 0 Å². The zero-order valence-corrected chi connectivity index (χ0v) is 15.6. The Hall–Kier alpha value is -0.200. The fourth-order valence-corrected chi connectivity index (χ4v) is 5.04. The third-order valence-electron chi connectivity index (χ3n) is 7.14. The van der Waals surface area contributed by atoms with Crippen molar-refractivity contribution in [2.75, 3.05) is 79.5 Å². The van der Waals surface area contributed by atoms with E-state index in [9.17, 15) is 0 Å². The number of likely N-dealkylation sites (N-methyl/N-ethyl adjacent to an activating group) is 2. The zero-order valence-electron chi connectivity index (χ0n) is 15.6. The van der Waals surface area contributed by atoms with Crippen molar-refractivity contribution >= 4 is 0 Å². The molecule has 0 atom stereocenters. The van der Waals surface area contributed by atoms with Crippen molar-refractivity contribution in [2.45, 2.75) is 25.9 Å². The molecule has 5 nitrogen and oxygen atoms in total. The van der Waals surface area contributed by atoms with Crippen LogP contribution in [-0.4, -0.2) is 116 Å². The van der Waals surface area contributed by atoms with Gasteiger partial charge in [0.05, 0.1) is 20.1 Å². The second kappa shape index (κ2) is 5.95. The summed E-state index contributed by atoms with van der Waals surface area (Å²) in [7, 11) is 4.70. The summed E-state index contributed by atoms with van der Waals surface area (Å²) in [5.41, 5.74) is 0. The van der Waals surface area contributed by atoms with Crippen molar-refractivity contribution in [1.29, 1.82) is 0 Å². The van der Waals surface area contributed by atoms with Crippen LogP contribution in [0.15, 0.2) is 0 Å². The SMILES string of the molecule is CC(C)C1CN(C2C[N+](C)(N3CCN(C4CN(C)C4)CC3)C2)C1. The number of rotatable bonds is 4. The predicted octanol–water partition coefficient (Wildman–Crippen LogP) is 0.250. The fourth-order valence-electron chi connectivity index (χ4n) is 5.04. The number of hydrogen-bond donors (Lipinski definition) is 0. The summed E-state index contributed by atoms with van der Waals surface area (Å²) in [5.74, 6) is 1.82. The molecule has 4 heterocycles. The Bertz CT molecular complexity index is 413. The van der Waals surface area contributed by atoms with Crippen LogP contribution in [0.25, 0.3) is 0 Å². The van der Waals surface area contributed by atoms with Crippen molar-refractivity contribution in [3.8, 4) is 0 Å². The Morgan fingerprint density at radius 3 is 1.96 bits per heavy atom. The monoisotopic (exact) mass is 322 g/mol. The molecule has 4 aliphatic heterocycles. The fraction of sp³-hybridized carbons (Fsp3) is 1.00. The molecule has 4 rings (SSSR count). The van der Waals surface area contributed by atoms with Gasteiger partial charge in [0.1, 0.15) is 19.1 Å². The quantitative estimate of drug-likeness (QED) is 0.688. The van der Waals surface area contributed by atoms with Crippen LogP contribution in [0.5, 0.6) is 0 Å². The van der Waals surface area contributed by atoms with Gasteiger partial charge in [-0.3, -0.25) is 9.80 Å². The topological polar surface area (TPSA) is 13.0 Å². The molecule has 0 aromatic carbocycles. The molecular formula is C18H36N5+. The molecule has 0 amide bonds. The maximum Gasteiger partial charge on any atom is 0.118 e. The summed E-state index contributed by atoms with van der Waals surface area (Å²) in [5, 5.41) is 2.75. The molecule has 0 saturated carbocycles. The lowest BCUT2D eigenvalue weighted by atomic mass is 9.86. The number of nitrogens with zero attached hydrogens (tertiary/aromatic N) is 5. The van der Waals surface area contributed by atoms with Gasteiger partial charge in [-0.05, 0) is 18.9 Å². The molecule has 5 heteroatoms. The van der Waals surface area contributed by atoms with Gasteiger partial charge in [-0.1, -0.05) is 13.8 Å². The van der Waals surface area contributed by atoms with Crippen LogP contribution in [0.1, 0.15) is 13.8 Å². The van der Waals surface area contributed by atoms with Crippen LogP contribution in [0.4, 0.5) is 0 Å². The number of piperazine rings is 1. The summed E-state index contributed by atoms with van der Waals surface area (Å²) in [6, 6.07) is 1.69. The van der Waals surface area contributed by atoms with Crippen LogP contribution < -0.4 is 0 Å². The Balaban J connectivity index is 1.20. The lowest BCUT2D eigenvalue weighted by Gasteiger charge is -2.59. The molecule has 0 aromatic rings. The van der Waals surface area contributed by atoms with E-state index in [0.29, 0.717) is 0 Å². The molecule has 23 heavy (non-hydrogen) atoms. The second-order valence-electron chi connectivity index (χ2n) is 9.18. The molecule has 0 aromatic heterocycles. The molecule has 0 spiro atoms. The maximum absolute atomic E-state index is 2.75. The summed E-state index contributed by atoms with van der Waals surface area (Å²) in [4.78, 5) is 7.90. The Morgan fingerprint density at radius 2 is 1.43 bits per heavy atom. The molecule has 0 radical (unpaired) electrons. The molecular weight excluding hydrogens is 286 g/mol. The van der Waals surface area contributed by atoms with Crippen molar-refractivity contribution in [3.05, 3.63) is 0 Å². The average molecular weight is 323 g/mol. The molecule has 0 bridgehead atoms. The summed E-state index contributed by atoms with van der Waals surface area (Å²) < 4.78 is 1.20. The van der Waals surface area contributed by atoms with E-state index in [2.05, 4.69) is 47.7 Å². The van der Waals surface area contributed by atoms with Gasteiger partial charge in [0.15, 0.2) is 0 Å². The van der Waals surface area contributed by atoms with Crippen LogP contribution >= 0.6 is 0 Å². The lowest BCUT2D eigenvalue weighted by Crippen LogP contribution is -2.79. The van der Waals surface area contributed by atoms with Crippen molar-refractivity contribution < 1.29 is 4.59 Å². The smallest absolute Gasteiger partial charge is 0.118 e. The minimum absolute atomic E-state index is 0.839. The molecule has 0 N–H and O–H groups in total. The molecule has 132 valence electrons. The number of hydrogen-bond acceptors (Lipinski definition) is 4. The normalized spacial score (nSPS) is 39.3. The first-order chi connectivity index (χ1) is 10.9. The van der Waals surface area contributed by atoms with Gasteiger partial charge >= 0.3 is 0 Å². The van der Waals surface area contributed by atoms with E-state index in [1.165, 1.54) is 70.0 Å². The highest BCUT2D eigenvalue weighted by atomic mass is 15.8.